The van der Waals surface area contributed by atoms with Crippen molar-refractivity contribution in [3.05, 3.63) is 67.7 Å². The molecule has 0 fully saturated rings. The first kappa shape index (κ1) is 26.3. The Hall–Kier alpha value is -4.32. The van der Waals surface area contributed by atoms with Crippen molar-refractivity contribution in [3.63, 3.8) is 0 Å². The number of hydrogen-bond donors (Lipinski definition) is 1. The predicted octanol–water partition coefficient (Wildman–Crippen LogP) is 3.25. The normalized spacial score (nSPS) is 13.9. The van der Waals surface area contributed by atoms with E-state index in [1.807, 2.05) is 6.08 Å². The number of carbonyl (C=O) groups excluding carboxylic acids is 1. The molecular formula is C26H27ClN6O6. The summed E-state index contributed by atoms with van der Waals surface area (Å²) in [6.45, 7) is 5.62. The lowest BCUT2D eigenvalue weighted by Crippen LogP contribution is -2.40. The van der Waals surface area contributed by atoms with E-state index in [1.54, 1.807) is 56.7 Å². The van der Waals surface area contributed by atoms with Gasteiger partial charge in [-0.1, -0.05) is 23.7 Å². The van der Waals surface area contributed by atoms with Crippen LogP contribution in [-0.4, -0.2) is 64.1 Å². The number of ether oxygens (including phenoxy) is 1. The second-order valence-corrected chi connectivity index (χ2v) is 10.8. The van der Waals surface area contributed by atoms with Crippen molar-refractivity contribution in [3.8, 4) is 0 Å². The summed E-state index contributed by atoms with van der Waals surface area (Å²) in [5.41, 5.74) is -0.305. The predicted molar refractivity (Wildman–Crippen MR) is 145 cm³/mol. The first-order chi connectivity index (χ1) is 18.3. The highest BCUT2D eigenvalue weighted by atomic mass is 35.5. The number of imidazole rings is 1. The van der Waals surface area contributed by atoms with E-state index in [9.17, 15) is 24.3 Å². The minimum Gasteiger partial charge on any atom is -0.464 e. The molecule has 0 saturated heterocycles. The van der Waals surface area contributed by atoms with E-state index in [1.165, 1.54) is 16.5 Å². The molecule has 0 spiro atoms. The smallest absolute Gasteiger partial charge is 0.416 e. The maximum absolute atomic E-state index is 13.6. The molecule has 1 aromatic carbocycles. The zero-order valence-electron chi connectivity index (χ0n) is 22.1. The summed E-state index contributed by atoms with van der Waals surface area (Å²) in [7, 11) is 3.16. The second kappa shape index (κ2) is 9.16. The van der Waals surface area contributed by atoms with Crippen molar-refractivity contribution >= 4 is 51.4 Å². The van der Waals surface area contributed by atoms with Crippen LogP contribution in [-0.2, 0) is 25.4 Å². The molecule has 5 rings (SSSR count). The van der Waals surface area contributed by atoms with Crippen LogP contribution < -0.4 is 11.2 Å². The molecule has 13 heteroatoms. The Bertz CT molecular complexity index is 1830. The van der Waals surface area contributed by atoms with Crippen LogP contribution in [0.4, 0.5) is 9.59 Å². The molecule has 0 atom stereocenters. The number of carboxylic acid groups (broad SMARTS) is 1. The first-order valence-corrected chi connectivity index (χ1v) is 12.5. The van der Waals surface area contributed by atoms with Crippen LogP contribution in [0.5, 0.6) is 0 Å². The third-order valence-electron chi connectivity index (χ3n) is 6.60. The fourth-order valence-corrected chi connectivity index (χ4v) is 5.03. The van der Waals surface area contributed by atoms with E-state index >= 15 is 0 Å². The zero-order valence-corrected chi connectivity index (χ0v) is 22.8. The van der Waals surface area contributed by atoms with Gasteiger partial charge in [0.25, 0.3) is 5.56 Å². The Kier molecular flexibility index (Phi) is 6.17. The number of hydrogen-bond acceptors (Lipinski definition) is 6. The number of nitrogens with zero attached hydrogens (tertiary/aromatic N) is 6. The van der Waals surface area contributed by atoms with Crippen LogP contribution >= 0.6 is 11.6 Å². The lowest BCUT2D eigenvalue weighted by atomic mass is 10.2. The van der Waals surface area contributed by atoms with E-state index < -0.39 is 29.0 Å². The van der Waals surface area contributed by atoms with Crippen LogP contribution in [0.25, 0.3) is 27.6 Å². The fourth-order valence-electron chi connectivity index (χ4n) is 4.81. The molecule has 0 saturated carbocycles. The number of fused-ring (bicyclic) bond motifs is 2. The third-order valence-corrected chi connectivity index (χ3v) is 6.93. The molecule has 39 heavy (non-hydrogen) atoms. The Morgan fingerprint density at radius 3 is 2.54 bits per heavy atom. The van der Waals surface area contributed by atoms with Gasteiger partial charge in [-0.3, -0.25) is 13.9 Å². The van der Waals surface area contributed by atoms with Crippen LogP contribution in [0.1, 0.15) is 32.3 Å². The summed E-state index contributed by atoms with van der Waals surface area (Å²) >= 11 is 6.27. The molecule has 4 heterocycles. The molecule has 4 aromatic rings. The van der Waals surface area contributed by atoms with Gasteiger partial charge >= 0.3 is 17.9 Å². The first-order valence-electron chi connectivity index (χ1n) is 12.1. The minimum atomic E-state index is -1.27. The van der Waals surface area contributed by atoms with Gasteiger partial charge < -0.3 is 19.3 Å². The molecule has 1 N–H and O–H groups in total. The highest BCUT2D eigenvalue weighted by Gasteiger charge is 2.29. The Balaban J connectivity index is 1.57. The lowest BCUT2D eigenvalue weighted by Gasteiger charge is -2.24. The van der Waals surface area contributed by atoms with Gasteiger partial charge in [-0.05, 0) is 39.0 Å². The highest BCUT2D eigenvalue weighted by molar-refractivity contribution is 6.35. The van der Waals surface area contributed by atoms with E-state index in [4.69, 9.17) is 16.3 Å². The molecule has 3 aromatic heterocycles. The number of carbonyl (C=O) groups is 2. The van der Waals surface area contributed by atoms with Gasteiger partial charge in [0.2, 0.25) is 0 Å². The summed E-state index contributed by atoms with van der Waals surface area (Å²) in [5, 5.41) is 10.7. The zero-order chi connectivity index (χ0) is 28.4. The monoisotopic (exact) mass is 554 g/mol. The molecule has 0 bridgehead atoms. The molecule has 12 nitrogen and oxygen atoms in total. The number of amides is 1. The van der Waals surface area contributed by atoms with E-state index in [2.05, 4.69) is 4.98 Å². The number of rotatable bonds is 3. The summed E-state index contributed by atoms with van der Waals surface area (Å²) in [6, 6.07) is 6.43. The second-order valence-electron chi connectivity index (χ2n) is 10.4. The van der Waals surface area contributed by atoms with Gasteiger partial charge in [0.05, 0.1) is 24.3 Å². The molecule has 1 amide bonds. The lowest BCUT2D eigenvalue weighted by molar-refractivity contribution is 0.0306. The van der Waals surface area contributed by atoms with E-state index in [-0.39, 0.29) is 29.9 Å². The van der Waals surface area contributed by atoms with Crippen molar-refractivity contribution in [1.29, 1.82) is 0 Å². The Morgan fingerprint density at radius 1 is 1.15 bits per heavy atom. The average Bonchev–Trinajstić information content (AvgIpc) is 3.55. The maximum atomic E-state index is 13.6. The average molecular weight is 555 g/mol. The van der Waals surface area contributed by atoms with E-state index in [0.717, 1.165) is 9.13 Å². The van der Waals surface area contributed by atoms with Crippen LogP contribution in [0.15, 0.2) is 39.9 Å². The van der Waals surface area contributed by atoms with Crippen molar-refractivity contribution in [1.82, 2.24) is 28.2 Å². The maximum Gasteiger partial charge on any atom is 0.416 e. The van der Waals surface area contributed by atoms with Gasteiger partial charge in [0, 0.05) is 36.6 Å². The van der Waals surface area contributed by atoms with Gasteiger partial charge in [-0.25, -0.2) is 23.9 Å². The van der Waals surface area contributed by atoms with Crippen LogP contribution in [0.3, 0.4) is 0 Å². The number of aromatic nitrogens is 5. The molecule has 1 aliphatic rings. The van der Waals surface area contributed by atoms with Crippen LogP contribution in [0, 0.1) is 0 Å². The van der Waals surface area contributed by atoms with Crippen molar-refractivity contribution < 1.29 is 19.4 Å². The summed E-state index contributed by atoms with van der Waals surface area (Å²) in [4.78, 5) is 57.7. The van der Waals surface area contributed by atoms with Gasteiger partial charge in [-0.2, -0.15) is 0 Å². The Labute approximate surface area is 226 Å². The number of aryl methyl sites for hydroxylation is 2. The van der Waals surface area contributed by atoms with Crippen molar-refractivity contribution in [2.45, 2.75) is 32.9 Å². The molecule has 0 radical (unpaired) electrons. The summed E-state index contributed by atoms with van der Waals surface area (Å²) in [6.07, 6.45) is 0.103. The largest absolute Gasteiger partial charge is 0.464 e. The molecular weight excluding hydrogens is 528 g/mol. The Morgan fingerprint density at radius 2 is 1.87 bits per heavy atom. The van der Waals surface area contributed by atoms with Crippen molar-refractivity contribution in [2.75, 3.05) is 13.1 Å². The standard InChI is InChI=1S/C26H27ClN6O6/c1-26(2,3)39-25(38)31-10-9-14(12-31)20-28-21-19(29(20)4)22(34)32(23(35)30(21)5)13-15-11-16-17(27)7-6-8-18(16)33(15)24(36)37/h6-9,11H,10,12-13H2,1-5H3,(H,36,37). The summed E-state index contributed by atoms with van der Waals surface area (Å²) < 4.78 is 10.3. The van der Waals surface area contributed by atoms with Gasteiger partial charge in [0.1, 0.15) is 11.4 Å². The van der Waals surface area contributed by atoms with Gasteiger partial charge in [0.15, 0.2) is 11.2 Å². The van der Waals surface area contributed by atoms with Crippen LogP contribution in [0.2, 0.25) is 5.02 Å². The molecule has 0 unspecified atom stereocenters. The molecule has 0 aliphatic carbocycles. The van der Waals surface area contributed by atoms with Gasteiger partial charge in [-0.15, -0.1) is 0 Å². The minimum absolute atomic E-state index is 0.166. The van der Waals surface area contributed by atoms with Crippen molar-refractivity contribution in [2.24, 2.45) is 14.1 Å². The number of halogens is 1. The molecule has 1 aliphatic heterocycles. The van der Waals surface area contributed by atoms with E-state index in [0.29, 0.717) is 33.9 Å². The fraction of sp³-hybridized carbons (Fsp3) is 0.346. The quantitative estimate of drug-likeness (QED) is 0.411. The SMILES string of the molecule is Cn1c(C2=CCN(C(=O)OC(C)(C)C)C2)nc2c1c(=O)n(Cc1cc3c(Cl)cccc3n1C(=O)O)c(=O)n2C. The topological polar surface area (TPSA) is 134 Å². The highest BCUT2D eigenvalue weighted by Crippen LogP contribution is 2.28. The third kappa shape index (κ3) is 4.40. The molecule has 204 valence electrons. The summed E-state index contributed by atoms with van der Waals surface area (Å²) in [5.74, 6) is 0.437. The number of benzene rings is 1.